The van der Waals surface area contributed by atoms with Crippen LogP contribution in [0.4, 0.5) is 8.78 Å². The summed E-state index contributed by atoms with van der Waals surface area (Å²) in [5.74, 6) is -0.635. The molecule has 0 spiro atoms. The van der Waals surface area contributed by atoms with Crippen molar-refractivity contribution in [3.63, 3.8) is 0 Å². The summed E-state index contributed by atoms with van der Waals surface area (Å²) >= 11 is 0. The Bertz CT molecular complexity index is 544. The first-order chi connectivity index (χ1) is 10.5. The summed E-state index contributed by atoms with van der Waals surface area (Å²) < 4.78 is 34.7. The van der Waals surface area contributed by atoms with Gasteiger partial charge in [0.15, 0.2) is 0 Å². The number of aromatic nitrogens is 2. The van der Waals surface area contributed by atoms with Gasteiger partial charge in [-0.3, -0.25) is 0 Å². The van der Waals surface area contributed by atoms with Crippen molar-refractivity contribution in [3.8, 4) is 6.01 Å². The van der Waals surface area contributed by atoms with E-state index in [1.165, 1.54) is 13.1 Å². The molecule has 0 amide bonds. The maximum Gasteiger partial charge on any atom is 0.341 e. The minimum atomic E-state index is -1.75. The monoisotopic (exact) mass is 314 g/mol. The molecule has 0 aliphatic rings. The highest BCUT2D eigenvalue weighted by atomic mass is 19.3. The molecule has 22 heavy (non-hydrogen) atoms. The largest absolute Gasteiger partial charge is 0.463 e. The van der Waals surface area contributed by atoms with Crippen molar-refractivity contribution >= 4 is 5.97 Å². The average molecular weight is 314 g/mol. The number of carbonyl (C=O) groups is 1. The van der Waals surface area contributed by atoms with Crippen molar-refractivity contribution in [2.75, 3.05) is 13.2 Å². The number of esters is 1. The second-order valence-corrected chi connectivity index (χ2v) is 4.78. The zero-order chi connectivity index (χ0) is 16.5. The molecule has 0 unspecified atom stereocenters. The minimum Gasteiger partial charge on any atom is -0.463 e. The van der Waals surface area contributed by atoms with Gasteiger partial charge in [-0.05, 0) is 25.8 Å². The number of hydrogen-bond acceptors (Lipinski definition) is 5. The van der Waals surface area contributed by atoms with Crippen LogP contribution in [0, 0.1) is 6.92 Å². The third kappa shape index (κ3) is 5.75. The quantitative estimate of drug-likeness (QED) is 0.541. The molecular formula is C15H20F2N2O3. The normalized spacial score (nSPS) is 10.2. The Morgan fingerprint density at radius 1 is 1.32 bits per heavy atom. The van der Waals surface area contributed by atoms with Crippen LogP contribution in [0.25, 0.3) is 0 Å². The average Bonchev–Trinajstić information content (AvgIpc) is 2.47. The van der Waals surface area contributed by atoms with E-state index in [2.05, 4.69) is 9.97 Å². The van der Waals surface area contributed by atoms with Gasteiger partial charge >= 0.3 is 12.0 Å². The zero-order valence-corrected chi connectivity index (χ0v) is 13.0. The van der Waals surface area contributed by atoms with Gasteiger partial charge in [-0.1, -0.05) is 13.3 Å². The summed E-state index contributed by atoms with van der Waals surface area (Å²) in [6.07, 6.45) is 1.46. The van der Waals surface area contributed by atoms with Crippen LogP contribution in [0.1, 0.15) is 49.2 Å². The van der Waals surface area contributed by atoms with Crippen molar-refractivity contribution < 1.29 is 23.0 Å². The van der Waals surface area contributed by atoms with Crippen LogP contribution in [-0.4, -0.2) is 29.2 Å². The number of carbonyl (C=O) groups excluding carboxylic acids is 1. The van der Waals surface area contributed by atoms with Crippen LogP contribution < -0.4 is 4.74 Å². The molecule has 0 bridgehead atoms. The van der Waals surface area contributed by atoms with Crippen LogP contribution in [0.3, 0.4) is 0 Å². The van der Waals surface area contributed by atoms with Crippen LogP contribution in [0.2, 0.25) is 0 Å². The lowest BCUT2D eigenvalue weighted by Crippen LogP contribution is -2.11. The number of halogens is 2. The maximum atomic E-state index is 12.2. The summed E-state index contributed by atoms with van der Waals surface area (Å²) in [6.45, 7) is 5.37. The van der Waals surface area contributed by atoms with E-state index < -0.39 is 12.0 Å². The van der Waals surface area contributed by atoms with E-state index in [-0.39, 0.29) is 30.2 Å². The first-order valence-corrected chi connectivity index (χ1v) is 7.10. The number of aryl methyl sites for hydroxylation is 1. The Balaban J connectivity index is 2.57. The van der Waals surface area contributed by atoms with Crippen molar-refractivity contribution in [3.05, 3.63) is 29.1 Å². The lowest BCUT2D eigenvalue weighted by molar-refractivity contribution is 0.0505. The first-order valence-electron chi connectivity index (χ1n) is 7.10. The van der Waals surface area contributed by atoms with E-state index in [1.807, 2.05) is 6.92 Å². The molecular weight excluding hydrogens is 294 g/mol. The number of unbranched alkanes of at least 4 members (excludes halogenated alkanes) is 1. The number of nitrogens with zero attached hydrogens (tertiary/aromatic N) is 2. The van der Waals surface area contributed by atoms with E-state index in [0.717, 1.165) is 12.8 Å². The van der Waals surface area contributed by atoms with Gasteiger partial charge in [-0.15, -0.1) is 0 Å². The lowest BCUT2D eigenvalue weighted by Gasteiger charge is -2.08. The molecule has 1 aromatic heterocycles. The predicted octanol–water partition coefficient (Wildman–Crippen LogP) is 3.68. The van der Waals surface area contributed by atoms with Gasteiger partial charge in [0.25, 0.3) is 6.08 Å². The van der Waals surface area contributed by atoms with E-state index in [9.17, 15) is 13.6 Å². The number of hydrogen-bond donors (Lipinski definition) is 0. The van der Waals surface area contributed by atoms with Gasteiger partial charge in [0.05, 0.1) is 24.5 Å². The van der Waals surface area contributed by atoms with Crippen molar-refractivity contribution in [1.29, 1.82) is 0 Å². The second kappa shape index (κ2) is 9.07. The second-order valence-electron chi connectivity index (χ2n) is 4.78. The van der Waals surface area contributed by atoms with Gasteiger partial charge in [0.1, 0.15) is 0 Å². The topological polar surface area (TPSA) is 61.3 Å². The Hall–Kier alpha value is -2.05. The van der Waals surface area contributed by atoms with Crippen molar-refractivity contribution in [2.24, 2.45) is 0 Å². The van der Waals surface area contributed by atoms with Crippen LogP contribution in [0.5, 0.6) is 6.01 Å². The maximum absolute atomic E-state index is 12.2. The molecule has 5 nitrogen and oxygen atoms in total. The standard InChI is InChI=1S/C15H20F2N2O3/c1-4-5-7-22-15-18-9-12(11(3)19-15)14(20)21-8-6-10(2)13(16)17/h9H,4-8H2,1-3H3. The Morgan fingerprint density at radius 2 is 2.05 bits per heavy atom. The molecule has 1 rings (SSSR count). The van der Waals surface area contributed by atoms with E-state index >= 15 is 0 Å². The molecule has 0 fully saturated rings. The molecule has 0 saturated heterocycles. The molecule has 1 aromatic rings. The smallest absolute Gasteiger partial charge is 0.341 e. The SMILES string of the molecule is CCCCOc1ncc(C(=O)OCCC(C)=C(F)F)c(C)n1. The molecule has 0 aliphatic carbocycles. The lowest BCUT2D eigenvalue weighted by atomic mass is 10.2. The molecule has 7 heteroatoms. The summed E-state index contributed by atoms with van der Waals surface area (Å²) in [6, 6.07) is 0.209. The van der Waals surface area contributed by atoms with Crippen LogP contribution in [-0.2, 0) is 4.74 Å². The highest BCUT2D eigenvalue weighted by Gasteiger charge is 2.14. The van der Waals surface area contributed by atoms with E-state index in [4.69, 9.17) is 9.47 Å². The fraction of sp³-hybridized carbons (Fsp3) is 0.533. The third-order valence-electron chi connectivity index (χ3n) is 2.94. The molecule has 0 aliphatic heterocycles. The van der Waals surface area contributed by atoms with Crippen LogP contribution >= 0.6 is 0 Å². The molecule has 0 saturated carbocycles. The van der Waals surface area contributed by atoms with E-state index in [0.29, 0.717) is 12.3 Å². The zero-order valence-electron chi connectivity index (χ0n) is 13.0. The number of ether oxygens (including phenoxy) is 2. The summed E-state index contributed by atoms with van der Waals surface area (Å²) in [5.41, 5.74) is 0.529. The summed E-state index contributed by atoms with van der Waals surface area (Å²) in [4.78, 5) is 19.9. The number of rotatable bonds is 8. The van der Waals surface area contributed by atoms with Crippen molar-refractivity contribution in [1.82, 2.24) is 9.97 Å². The first kappa shape index (κ1) is 18.0. The van der Waals surface area contributed by atoms with E-state index in [1.54, 1.807) is 6.92 Å². The third-order valence-corrected chi connectivity index (χ3v) is 2.94. The fourth-order valence-corrected chi connectivity index (χ4v) is 1.49. The highest BCUT2D eigenvalue weighted by Crippen LogP contribution is 2.13. The van der Waals surface area contributed by atoms with Gasteiger partial charge in [-0.2, -0.15) is 13.8 Å². The van der Waals surface area contributed by atoms with Gasteiger partial charge in [0.2, 0.25) is 0 Å². The van der Waals surface area contributed by atoms with Gasteiger partial charge < -0.3 is 9.47 Å². The molecule has 0 N–H and O–H groups in total. The minimum absolute atomic E-state index is 0.00775. The molecule has 1 heterocycles. The molecule has 0 radical (unpaired) electrons. The highest BCUT2D eigenvalue weighted by molar-refractivity contribution is 5.90. The van der Waals surface area contributed by atoms with Gasteiger partial charge in [0, 0.05) is 12.6 Å². The fourth-order valence-electron chi connectivity index (χ4n) is 1.49. The summed E-state index contributed by atoms with van der Waals surface area (Å²) in [5, 5.41) is 0. The molecule has 0 aromatic carbocycles. The van der Waals surface area contributed by atoms with Crippen LogP contribution in [0.15, 0.2) is 17.9 Å². The molecule has 0 atom stereocenters. The Kier molecular flexibility index (Phi) is 7.42. The van der Waals surface area contributed by atoms with Gasteiger partial charge in [-0.25, -0.2) is 9.78 Å². The van der Waals surface area contributed by atoms with Crippen molar-refractivity contribution in [2.45, 2.75) is 40.0 Å². The Labute approximate surface area is 128 Å². The Morgan fingerprint density at radius 3 is 2.64 bits per heavy atom. The summed E-state index contributed by atoms with van der Waals surface area (Å²) in [7, 11) is 0. The molecule has 122 valence electrons. The predicted molar refractivity (Wildman–Crippen MR) is 77.0 cm³/mol.